The van der Waals surface area contributed by atoms with Crippen LogP contribution in [0.3, 0.4) is 0 Å². The summed E-state index contributed by atoms with van der Waals surface area (Å²) >= 11 is 11.8. The topological polar surface area (TPSA) is 12.5 Å². The largest absolute Gasteiger partial charge is 0.492 e. The summed E-state index contributed by atoms with van der Waals surface area (Å²) in [5, 5.41) is 1.10. The highest BCUT2D eigenvalue weighted by atomic mass is 35.5. The van der Waals surface area contributed by atoms with Gasteiger partial charge in [-0.25, -0.2) is 0 Å². The Balaban J connectivity index is 1.91. The maximum absolute atomic E-state index is 5.92. The molecule has 1 aromatic rings. The van der Waals surface area contributed by atoms with Gasteiger partial charge in [-0.1, -0.05) is 23.2 Å². The van der Waals surface area contributed by atoms with E-state index in [1.54, 1.807) is 12.1 Å². The summed E-state index contributed by atoms with van der Waals surface area (Å²) in [4.78, 5) is 2.33. The van der Waals surface area contributed by atoms with Gasteiger partial charge < -0.3 is 9.64 Å². The van der Waals surface area contributed by atoms with E-state index < -0.39 is 0 Å². The fourth-order valence-electron chi connectivity index (χ4n) is 1.95. The molecule has 0 saturated carbocycles. The van der Waals surface area contributed by atoms with E-state index in [1.165, 1.54) is 12.8 Å². The van der Waals surface area contributed by atoms with Gasteiger partial charge >= 0.3 is 0 Å². The van der Waals surface area contributed by atoms with Gasteiger partial charge in [-0.15, -0.1) is 0 Å². The van der Waals surface area contributed by atoms with Crippen molar-refractivity contribution in [3.63, 3.8) is 0 Å². The second kappa shape index (κ2) is 5.26. The van der Waals surface area contributed by atoms with E-state index in [1.807, 2.05) is 6.07 Å². The lowest BCUT2D eigenvalue weighted by atomic mass is 10.2. The van der Waals surface area contributed by atoms with Gasteiger partial charge in [0.25, 0.3) is 0 Å². The smallest absolute Gasteiger partial charge is 0.120 e. The molecule has 0 aliphatic carbocycles. The van der Waals surface area contributed by atoms with Crippen molar-refractivity contribution in [3.05, 3.63) is 28.2 Å². The van der Waals surface area contributed by atoms with Crippen LogP contribution in [0.25, 0.3) is 0 Å². The molecular formula is C12H15Cl2NO. The lowest BCUT2D eigenvalue weighted by Crippen LogP contribution is -2.30. The average molecular weight is 260 g/mol. The summed E-state index contributed by atoms with van der Waals surface area (Å²) in [5.41, 5.74) is 0. The van der Waals surface area contributed by atoms with Crippen LogP contribution in [0.5, 0.6) is 5.75 Å². The third-order valence-electron chi connectivity index (χ3n) is 3.00. The molecule has 2 rings (SSSR count). The summed E-state index contributed by atoms with van der Waals surface area (Å²) < 4.78 is 5.71. The second-order valence-corrected chi connectivity index (χ2v) is 4.98. The normalized spacial score (nSPS) is 21.3. The van der Waals surface area contributed by atoms with Crippen molar-refractivity contribution in [2.75, 3.05) is 20.2 Å². The minimum atomic E-state index is 0.523. The number of likely N-dealkylation sites (N-methyl/N-ethyl adjacent to an activating group) is 1. The molecule has 0 N–H and O–H groups in total. The van der Waals surface area contributed by atoms with Crippen LogP contribution in [0.2, 0.25) is 10.0 Å². The first-order valence-electron chi connectivity index (χ1n) is 5.45. The second-order valence-electron chi connectivity index (χ2n) is 4.16. The van der Waals surface area contributed by atoms with Crippen molar-refractivity contribution in [1.29, 1.82) is 0 Å². The van der Waals surface area contributed by atoms with Gasteiger partial charge in [0.05, 0.1) is 10.0 Å². The van der Waals surface area contributed by atoms with Crippen molar-refractivity contribution in [3.8, 4) is 5.75 Å². The molecule has 1 aromatic carbocycles. The first-order valence-corrected chi connectivity index (χ1v) is 6.20. The van der Waals surface area contributed by atoms with Crippen LogP contribution in [0, 0.1) is 0 Å². The van der Waals surface area contributed by atoms with E-state index in [4.69, 9.17) is 27.9 Å². The number of hydrogen-bond donors (Lipinski definition) is 0. The summed E-state index contributed by atoms with van der Waals surface area (Å²) in [7, 11) is 2.13. The third-order valence-corrected chi connectivity index (χ3v) is 3.74. The van der Waals surface area contributed by atoms with Gasteiger partial charge in [0.15, 0.2) is 0 Å². The Morgan fingerprint density at radius 3 is 2.81 bits per heavy atom. The predicted octanol–water partition coefficient (Wildman–Crippen LogP) is 3.47. The van der Waals surface area contributed by atoms with Crippen LogP contribution < -0.4 is 4.74 Å². The van der Waals surface area contributed by atoms with Gasteiger partial charge in [0, 0.05) is 12.1 Å². The van der Waals surface area contributed by atoms with Crippen LogP contribution in [-0.2, 0) is 0 Å². The molecule has 0 bridgehead atoms. The minimum Gasteiger partial charge on any atom is -0.492 e. The van der Waals surface area contributed by atoms with Crippen LogP contribution in [-0.4, -0.2) is 31.1 Å². The zero-order valence-corrected chi connectivity index (χ0v) is 10.8. The molecule has 1 aliphatic rings. The van der Waals surface area contributed by atoms with Crippen molar-refractivity contribution in [2.24, 2.45) is 0 Å². The third kappa shape index (κ3) is 2.82. The monoisotopic (exact) mass is 259 g/mol. The lowest BCUT2D eigenvalue weighted by molar-refractivity contribution is 0.198. The van der Waals surface area contributed by atoms with Gasteiger partial charge in [0.1, 0.15) is 12.4 Å². The number of ether oxygens (including phenoxy) is 1. The summed E-state index contributed by atoms with van der Waals surface area (Å²) in [6.07, 6.45) is 2.46. The molecule has 88 valence electrons. The SMILES string of the molecule is CN1CCCC1COc1ccc(Cl)c(Cl)c1. The fraction of sp³-hybridized carbons (Fsp3) is 0.500. The Labute approximate surface area is 106 Å². The molecule has 1 saturated heterocycles. The molecule has 1 unspecified atom stereocenters. The maximum atomic E-state index is 5.92. The van der Waals surface area contributed by atoms with Gasteiger partial charge in [-0.05, 0) is 38.6 Å². The molecule has 1 atom stereocenters. The van der Waals surface area contributed by atoms with E-state index in [0.29, 0.717) is 22.7 Å². The molecule has 2 nitrogen and oxygen atoms in total. The molecule has 0 spiro atoms. The number of likely N-dealkylation sites (tertiary alicyclic amines) is 1. The van der Waals surface area contributed by atoms with Gasteiger partial charge in [-0.2, -0.15) is 0 Å². The number of benzene rings is 1. The maximum Gasteiger partial charge on any atom is 0.120 e. The minimum absolute atomic E-state index is 0.523. The van der Waals surface area contributed by atoms with Crippen molar-refractivity contribution < 1.29 is 4.74 Å². The van der Waals surface area contributed by atoms with E-state index in [9.17, 15) is 0 Å². The Bertz CT molecular complexity index is 370. The number of hydrogen-bond acceptors (Lipinski definition) is 2. The van der Waals surface area contributed by atoms with Gasteiger partial charge in [-0.3, -0.25) is 0 Å². The van der Waals surface area contributed by atoms with E-state index in [2.05, 4.69) is 11.9 Å². The molecular weight excluding hydrogens is 245 g/mol. The predicted molar refractivity (Wildman–Crippen MR) is 67.6 cm³/mol. The molecule has 16 heavy (non-hydrogen) atoms. The van der Waals surface area contributed by atoms with E-state index >= 15 is 0 Å². The number of halogens is 2. The zero-order chi connectivity index (χ0) is 11.5. The highest BCUT2D eigenvalue weighted by molar-refractivity contribution is 6.42. The summed E-state index contributed by atoms with van der Waals surface area (Å²) in [6, 6.07) is 5.90. The van der Waals surface area contributed by atoms with Crippen molar-refractivity contribution >= 4 is 23.2 Å². The Morgan fingerprint density at radius 1 is 1.38 bits per heavy atom. The highest BCUT2D eigenvalue weighted by Crippen LogP contribution is 2.26. The molecule has 1 aliphatic heterocycles. The first kappa shape index (κ1) is 12.0. The fourth-order valence-corrected chi connectivity index (χ4v) is 2.24. The molecule has 0 aromatic heterocycles. The molecule has 4 heteroatoms. The molecule has 1 heterocycles. The van der Waals surface area contributed by atoms with Crippen LogP contribution in [0.1, 0.15) is 12.8 Å². The lowest BCUT2D eigenvalue weighted by Gasteiger charge is -2.19. The highest BCUT2D eigenvalue weighted by Gasteiger charge is 2.21. The summed E-state index contributed by atoms with van der Waals surface area (Å²) in [6.45, 7) is 1.88. The Hall–Kier alpha value is -0.440. The quantitative estimate of drug-likeness (QED) is 0.825. The van der Waals surface area contributed by atoms with Crippen molar-refractivity contribution in [2.45, 2.75) is 18.9 Å². The summed E-state index contributed by atoms with van der Waals surface area (Å²) in [5.74, 6) is 0.787. The molecule has 1 fully saturated rings. The number of rotatable bonds is 3. The Kier molecular flexibility index (Phi) is 3.95. The number of nitrogens with zero attached hydrogens (tertiary/aromatic N) is 1. The van der Waals surface area contributed by atoms with Crippen LogP contribution in [0.15, 0.2) is 18.2 Å². The Morgan fingerprint density at radius 2 is 2.19 bits per heavy atom. The van der Waals surface area contributed by atoms with E-state index in [0.717, 1.165) is 12.3 Å². The molecule has 0 radical (unpaired) electrons. The average Bonchev–Trinajstić information content (AvgIpc) is 2.66. The van der Waals surface area contributed by atoms with Crippen LogP contribution >= 0.6 is 23.2 Å². The van der Waals surface area contributed by atoms with Gasteiger partial charge in [0.2, 0.25) is 0 Å². The van der Waals surface area contributed by atoms with Crippen LogP contribution in [0.4, 0.5) is 0 Å². The van der Waals surface area contributed by atoms with Crippen molar-refractivity contribution in [1.82, 2.24) is 4.90 Å². The first-order chi connectivity index (χ1) is 7.66. The van der Waals surface area contributed by atoms with E-state index in [-0.39, 0.29) is 0 Å². The standard InChI is InChI=1S/C12H15Cl2NO/c1-15-6-2-3-9(15)8-16-10-4-5-11(13)12(14)7-10/h4-5,7,9H,2-3,6,8H2,1H3. The molecule has 0 amide bonds. The zero-order valence-electron chi connectivity index (χ0n) is 9.25.